The zero-order valence-corrected chi connectivity index (χ0v) is 21.0. The number of aryl methyl sites for hydroxylation is 1. The zero-order chi connectivity index (χ0) is 25.1. The second-order valence-corrected chi connectivity index (χ2v) is 8.65. The van der Waals surface area contributed by atoms with Gasteiger partial charge in [-0.3, -0.25) is 9.78 Å². The van der Waals surface area contributed by atoms with Crippen molar-refractivity contribution in [1.29, 1.82) is 0 Å². The van der Waals surface area contributed by atoms with Crippen molar-refractivity contribution >= 4 is 29.3 Å². The van der Waals surface area contributed by atoms with Gasteiger partial charge in [-0.05, 0) is 81.0 Å². The number of pyridine rings is 1. The number of methoxy groups -OCH3 is 1. The minimum atomic E-state index is -0.378. The van der Waals surface area contributed by atoms with Gasteiger partial charge in [-0.1, -0.05) is 6.07 Å². The van der Waals surface area contributed by atoms with Gasteiger partial charge in [0.05, 0.1) is 37.1 Å². The summed E-state index contributed by atoms with van der Waals surface area (Å²) in [5.41, 5.74) is 5.26. The summed E-state index contributed by atoms with van der Waals surface area (Å²) in [6, 6.07) is 14.6. The van der Waals surface area contributed by atoms with Crippen LogP contribution in [0.15, 0.2) is 54.7 Å². The summed E-state index contributed by atoms with van der Waals surface area (Å²) in [6.07, 6.45) is 1.75. The molecule has 0 amide bonds. The number of ether oxygens (including phenoxy) is 2. The van der Waals surface area contributed by atoms with Gasteiger partial charge in [-0.25, -0.2) is 4.79 Å². The Labute approximate surface area is 209 Å². The Bertz CT molecular complexity index is 1240. The Kier molecular flexibility index (Phi) is 7.16. The first-order valence-electron chi connectivity index (χ1n) is 11.4. The van der Waals surface area contributed by atoms with Crippen LogP contribution in [0.3, 0.4) is 0 Å². The highest BCUT2D eigenvalue weighted by molar-refractivity contribution is 7.80. The Balaban J connectivity index is 1.77. The molecule has 2 aromatic heterocycles. The molecule has 1 saturated heterocycles. The van der Waals surface area contributed by atoms with E-state index in [9.17, 15) is 9.59 Å². The molecule has 0 aliphatic carbocycles. The van der Waals surface area contributed by atoms with Crippen LogP contribution in [0.5, 0.6) is 0 Å². The third kappa shape index (κ3) is 4.77. The lowest BCUT2D eigenvalue weighted by molar-refractivity contribution is -0.143. The molecule has 2 atom stereocenters. The van der Waals surface area contributed by atoms with Gasteiger partial charge in [-0.2, -0.15) is 0 Å². The predicted octanol–water partition coefficient (Wildman–Crippen LogP) is 3.81. The molecule has 0 saturated carbocycles. The topological polar surface area (TPSA) is 85.7 Å². The standard InChI is InChI=1S/C26H28N4O4S/c1-5-34-22(31)15-29-24(23(28-26(29)35)21-8-6-7-13-27-21)20-14-16(2)30(17(20)3)19-11-9-18(10-12-19)25(32)33-4/h6-14,23-24H,5,15H2,1-4H3,(H,28,35). The van der Waals surface area contributed by atoms with Gasteiger partial charge in [0.2, 0.25) is 0 Å². The molecular weight excluding hydrogens is 464 g/mol. The van der Waals surface area contributed by atoms with Crippen molar-refractivity contribution in [2.24, 2.45) is 0 Å². The first kappa shape index (κ1) is 24.4. The largest absolute Gasteiger partial charge is 0.465 e. The quantitative estimate of drug-likeness (QED) is 0.394. The van der Waals surface area contributed by atoms with E-state index in [0.717, 1.165) is 28.3 Å². The second-order valence-electron chi connectivity index (χ2n) is 8.26. The van der Waals surface area contributed by atoms with E-state index >= 15 is 0 Å². The normalized spacial score (nSPS) is 17.3. The second kappa shape index (κ2) is 10.3. The van der Waals surface area contributed by atoms with Crippen LogP contribution < -0.4 is 5.32 Å². The fraction of sp³-hybridized carbons (Fsp3) is 0.308. The number of aromatic nitrogens is 2. The summed E-state index contributed by atoms with van der Waals surface area (Å²) >= 11 is 5.65. The smallest absolute Gasteiger partial charge is 0.337 e. The molecule has 1 aromatic carbocycles. The third-order valence-electron chi connectivity index (χ3n) is 6.14. The van der Waals surface area contributed by atoms with E-state index in [4.69, 9.17) is 21.7 Å². The Morgan fingerprint density at radius 2 is 1.89 bits per heavy atom. The van der Waals surface area contributed by atoms with Crippen molar-refractivity contribution < 1.29 is 19.1 Å². The number of carbonyl (C=O) groups is 2. The molecule has 1 aliphatic rings. The van der Waals surface area contributed by atoms with Crippen molar-refractivity contribution in [2.45, 2.75) is 32.9 Å². The maximum Gasteiger partial charge on any atom is 0.337 e. The number of esters is 2. The van der Waals surface area contributed by atoms with Crippen molar-refractivity contribution in [2.75, 3.05) is 20.3 Å². The first-order valence-corrected chi connectivity index (χ1v) is 11.8. The highest BCUT2D eigenvalue weighted by Crippen LogP contribution is 2.41. The van der Waals surface area contributed by atoms with Crippen LogP contribution in [0, 0.1) is 13.8 Å². The van der Waals surface area contributed by atoms with Crippen molar-refractivity contribution in [1.82, 2.24) is 19.8 Å². The molecule has 0 spiro atoms. The number of benzene rings is 1. The maximum absolute atomic E-state index is 12.4. The Morgan fingerprint density at radius 1 is 1.14 bits per heavy atom. The van der Waals surface area contributed by atoms with Gasteiger partial charge in [0.1, 0.15) is 6.54 Å². The maximum atomic E-state index is 12.4. The molecule has 9 heteroatoms. The minimum absolute atomic E-state index is 0.0329. The van der Waals surface area contributed by atoms with E-state index in [1.165, 1.54) is 7.11 Å². The number of carbonyl (C=O) groups excluding carboxylic acids is 2. The summed E-state index contributed by atoms with van der Waals surface area (Å²) in [6.45, 7) is 6.18. The molecule has 0 radical (unpaired) electrons. The molecule has 2 unspecified atom stereocenters. The van der Waals surface area contributed by atoms with Crippen molar-refractivity contribution in [3.05, 3.63) is 82.9 Å². The highest BCUT2D eigenvalue weighted by Gasteiger charge is 2.42. The zero-order valence-electron chi connectivity index (χ0n) is 20.1. The lowest BCUT2D eigenvalue weighted by Crippen LogP contribution is -2.35. The Morgan fingerprint density at radius 3 is 2.51 bits per heavy atom. The third-order valence-corrected chi connectivity index (χ3v) is 6.49. The van der Waals surface area contributed by atoms with E-state index in [1.54, 1.807) is 25.3 Å². The number of nitrogens with zero attached hydrogens (tertiary/aromatic N) is 3. The average molecular weight is 493 g/mol. The van der Waals surface area contributed by atoms with Gasteiger partial charge in [0, 0.05) is 23.3 Å². The van der Waals surface area contributed by atoms with Crippen LogP contribution in [-0.4, -0.2) is 51.8 Å². The lowest BCUT2D eigenvalue weighted by Gasteiger charge is -2.27. The van der Waals surface area contributed by atoms with Crippen molar-refractivity contribution in [3.8, 4) is 5.69 Å². The van der Waals surface area contributed by atoms with E-state index in [1.807, 2.05) is 49.1 Å². The first-order chi connectivity index (χ1) is 16.8. The SMILES string of the molecule is CCOC(=O)CN1C(=S)NC(c2ccccn2)C1c1cc(C)n(-c2ccc(C(=O)OC)cc2)c1C. The van der Waals surface area contributed by atoms with Crippen LogP contribution in [0.2, 0.25) is 0 Å². The summed E-state index contributed by atoms with van der Waals surface area (Å²) in [7, 11) is 1.36. The summed E-state index contributed by atoms with van der Waals surface area (Å²) < 4.78 is 12.2. The van der Waals surface area contributed by atoms with E-state index in [0.29, 0.717) is 17.3 Å². The number of hydrogen-bond acceptors (Lipinski definition) is 6. The van der Waals surface area contributed by atoms with Gasteiger partial charge >= 0.3 is 11.9 Å². The molecule has 35 heavy (non-hydrogen) atoms. The van der Waals surface area contributed by atoms with E-state index in [2.05, 4.69) is 20.9 Å². The number of hydrogen-bond donors (Lipinski definition) is 1. The predicted molar refractivity (Wildman–Crippen MR) is 135 cm³/mol. The number of thiocarbonyl (C=S) groups is 1. The monoisotopic (exact) mass is 492 g/mol. The van der Waals surface area contributed by atoms with Crippen LogP contribution in [0.25, 0.3) is 5.69 Å². The van der Waals surface area contributed by atoms with Gasteiger partial charge in [0.25, 0.3) is 0 Å². The number of nitrogens with one attached hydrogen (secondary N) is 1. The summed E-state index contributed by atoms with van der Waals surface area (Å²) in [4.78, 5) is 30.7. The molecule has 1 aliphatic heterocycles. The Hall–Kier alpha value is -3.72. The van der Waals surface area contributed by atoms with Crippen LogP contribution in [-0.2, 0) is 14.3 Å². The lowest BCUT2D eigenvalue weighted by atomic mass is 9.97. The number of rotatable bonds is 7. The fourth-order valence-electron chi connectivity index (χ4n) is 4.61. The molecule has 3 aromatic rings. The highest BCUT2D eigenvalue weighted by atomic mass is 32.1. The minimum Gasteiger partial charge on any atom is -0.465 e. The molecule has 8 nitrogen and oxygen atoms in total. The van der Waals surface area contributed by atoms with Gasteiger partial charge in [-0.15, -0.1) is 0 Å². The molecule has 182 valence electrons. The molecule has 1 N–H and O–H groups in total. The average Bonchev–Trinajstić information content (AvgIpc) is 3.34. The van der Waals surface area contributed by atoms with Gasteiger partial charge < -0.3 is 24.3 Å². The molecule has 3 heterocycles. The molecule has 4 rings (SSSR count). The van der Waals surface area contributed by atoms with Crippen molar-refractivity contribution in [3.63, 3.8) is 0 Å². The fourth-order valence-corrected chi connectivity index (χ4v) is 4.91. The van der Waals surface area contributed by atoms with E-state index < -0.39 is 0 Å². The molecule has 1 fully saturated rings. The van der Waals surface area contributed by atoms with Gasteiger partial charge in [0.15, 0.2) is 5.11 Å². The van der Waals surface area contributed by atoms with Crippen LogP contribution in [0.4, 0.5) is 0 Å². The van der Waals surface area contributed by atoms with E-state index in [-0.39, 0.29) is 30.6 Å². The van der Waals surface area contributed by atoms with Crippen LogP contribution >= 0.6 is 12.2 Å². The van der Waals surface area contributed by atoms with Crippen LogP contribution in [0.1, 0.15) is 52.0 Å². The molecule has 0 bridgehead atoms. The summed E-state index contributed by atoms with van der Waals surface area (Å²) in [5, 5.41) is 3.84. The summed E-state index contributed by atoms with van der Waals surface area (Å²) in [5.74, 6) is -0.716. The molecular formula is C26H28N4O4S.